The van der Waals surface area contributed by atoms with Crippen LogP contribution in [0.3, 0.4) is 0 Å². The van der Waals surface area contributed by atoms with E-state index < -0.39 is 12.6 Å². The Labute approximate surface area is 111 Å². The highest BCUT2D eigenvalue weighted by atomic mass is 127. The molecule has 98 valence electrons. The molecule has 0 aromatic heterocycles. The molecule has 0 saturated carbocycles. The SMILES string of the molecule is CCCCCCCCCC(I)CC(F)(F)F. The molecule has 0 fully saturated rings. The largest absolute Gasteiger partial charge is 0.390 e. The molecule has 1 atom stereocenters. The quantitative estimate of drug-likeness (QED) is 0.277. The highest BCUT2D eigenvalue weighted by Crippen LogP contribution is 2.28. The molecule has 0 spiro atoms. The number of unbranched alkanes of at least 4 members (excludes halogenated alkanes) is 6. The summed E-state index contributed by atoms with van der Waals surface area (Å²) >= 11 is 1.92. The van der Waals surface area contributed by atoms with Gasteiger partial charge < -0.3 is 0 Å². The lowest BCUT2D eigenvalue weighted by Crippen LogP contribution is -2.14. The zero-order valence-corrected chi connectivity index (χ0v) is 12.1. The van der Waals surface area contributed by atoms with E-state index in [2.05, 4.69) is 6.92 Å². The second kappa shape index (κ2) is 9.54. The van der Waals surface area contributed by atoms with Crippen LogP contribution in [0.2, 0.25) is 0 Å². The summed E-state index contributed by atoms with van der Waals surface area (Å²) in [4.78, 5) is 0. The van der Waals surface area contributed by atoms with Gasteiger partial charge in [0.2, 0.25) is 0 Å². The van der Waals surface area contributed by atoms with E-state index in [-0.39, 0.29) is 3.92 Å². The highest BCUT2D eigenvalue weighted by Gasteiger charge is 2.30. The van der Waals surface area contributed by atoms with Gasteiger partial charge in [0.15, 0.2) is 0 Å². The van der Waals surface area contributed by atoms with Crippen LogP contribution in [0.5, 0.6) is 0 Å². The molecule has 0 aliphatic rings. The molecule has 0 aliphatic carbocycles. The number of alkyl halides is 4. The minimum atomic E-state index is -3.99. The number of hydrogen-bond donors (Lipinski definition) is 0. The predicted molar refractivity (Wildman–Crippen MR) is 71.1 cm³/mol. The molecule has 1 unspecified atom stereocenters. The summed E-state index contributed by atoms with van der Waals surface area (Å²) in [5.41, 5.74) is 0. The van der Waals surface area contributed by atoms with Gasteiger partial charge in [-0.2, -0.15) is 13.2 Å². The van der Waals surface area contributed by atoms with E-state index in [1.54, 1.807) is 0 Å². The first-order valence-corrected chi connectivity index (χ1v) is 7.41. The van der Waals surface area contributed by atoms with Crippen molar-refractivity contribution in [3.8, 4) is 0 Å². The first kappa shape index (κ1) is 16.5. The normalized spacial score (nSPS) is 14.1. The van der Waals surface area contributed by atoms with Crippen LogP contribution in [0.25, 0.3) is 0 Å². The van der Waals surface area contributed by atoms with Crippen molar-refractivity contribution in [1.29, 1.82) is 0 Å². The third-order valence-corrected chi connectivity index (χ3v) is 3.64. The summed E-state index contributed by atoms with van der Waals surface area (Å²) in [5, 5.41) is 0. The van der Waals surface area contributed by atoms with E-state index in [9.17, 15) is 13.2 Å². The lowest BCUT2D eigenvalue weighted by Gasteiger charge is -2.12. The molecule has 0 aromatic rings. The van der Waals surface area contributed by atoms with Crippen LogP contribution in [-0.4, -0.2) is 10.1 Å². The van der Waals surface area contributed by atoms with Crippen molar-refractivity contribution in [3.63, 3.8) is 0 Å². The van der Waals surface area contributed by atoms with Crippen LogP contribution in [0.15, 0.2) is 0 Å². The van der Waals surface area contributed by atoms with Gasteiger partial charge >= 0.3 is 6.18 Å². The minimum Gasteiger partial charge on any atom is -0.171 e. The van der Waals surface area contributed by atoms with Crippen LogP contribution >= 0.6 is 22.6 Å². The molecule has 16 heavy (non-hydrogen) atoms. The van der Waals surface area contributed by atoms with Crippen molar-refractivity contribution in [2.45, 2.75) is 74.8 Å². The van der Waals surface area contributed by atoms with Crippen molar-refractivity contribution in [2.75, 3.05) is 0 Å². The summed E-state index contributed by atoms with van der Waals surface area (Å²) in [5.74, 6) is 0. The van der Waals surface area contributed by atoms with E-state index in [0.717, 1.165) is 12.8 Å². The molecule has 4 heteroatoms. The van der Waals surface area contributed by atoms with Crippen molar-refractivity contribution < 1.29 is 13.2 Å². The Bertz CT molecular complexity index is 157. The zero-order valence-electron chi connectivity index (χ0n) is 9.95. The number of hydrogen-bond acceptors (Lipinski definition) is 0. The van der Waals surface area contributed by atoms with E-state index in [1.807, 2.05) is 22.6 Å². The molecular weight excluding hydrogens is 328 g/mol. The topological polar surface area (TPSA) is 0 Å². The van der Waals surface area contributed by atoms with E-state index in [4.69, 9.17) is 0 Å². The maximum atomic E-state index is 12.0. The first-order chi connectivity index (χ1) is 7.45. The molecule has 0 rings (SSSR count). The zero-order chi connectivity index (χ0) is 12.4. The lowest BCUT2D eigenvalue weighted by molar-refractivity contribution is -0.133. The van der Waals surface area contributed by atoms with Gasteiger partial charge in [-0.25, -0.2) is 0 Å². The molecule has 0 aliphatic heterocycles. The Kier molecular flexibility index (Phi) is 9.85. The van der Waals surface area contributed by atoms with Gasteiger partial charge in [0.1, 0.15) is 0 Å². The molecular formula is C12H22F3I. The van der Waals surface area contributed by atoms with Crippen LogP contribution in [0.1, 0.15) is 64.7 Å². The Morgan fingerprint density at radius 1 is 0.938 bits per heavy atom. The van der Waals surface area contributed by atoms with Gasteiger partial charge in [0.05, 0.1) is 6.42 Å². The molecule has 0 amide bonds. The number of halogens is 4. The summed E-state index contributed by atoms with van der Waals surface area (Å²) in [6.07, 6.45) is 4.30. The molecule has 0 aromatic carbocycles. The molecule has 0 nitrogen and oxygen atoms in total. The Hall–Kier alpha value is 0.520. The highest BCUT2D eigenvalue weighted by molar-refractivity contribution is 14.1. The fourth-order valence-electron chi connectivity index (χ4n) is 1.68. The molecule has 0 N–H and O–H groups in total. The van der Waals surface area contributed by atoms with E-state index in [1.165, 1.54) is 32.1 Å². The van der Waals surface area contributed by atoms with Gasteiger partial charge in [0.25, 0.3) is 0 Å². The average Bonchev–Trinajstić information content (AvgIpc) is 2.13. The van der Waals surface area contributed by atoms with Crippen molar-refractivity contribution in [2.24, 2.45) is 0 Å². The third-order valence-electron chi connectivity index (χ3n) is 2.57. The third kappa shape index (κ3) is 12.6. The van der Waals surface area contributed by atoms with Gasteiger partial charge in [-0.3, -0.25) is 0 Å². The Morgan fingerprint density at radius 3 is 1.94 bits per heavy atom. The van der Waals surface area contributed by atoms with Crippen LogP contribution < -0.4 is 0 Å². The van der Waals surface area contributed by atoms with Crippen molar-refractivity contribution in [3.05, 3.63) is 0 Å². The standard InChI is InChI=1S/C12H22F3I/c1-2-3-4-5-6-7-8-9-11(16)10-12(13,14)15/h11H,2-10H2,1H3. The maximum Gasteiger partial charge on any atom is 0.390 e. The number of rotatable bonds is 9. The second-order valence-electron chi connectivity index (χ2n) is 4.33. The molecule has 0 bridgehead atoms. The van der Waals surface area contributed by atoms with Crippen LogP contribution in [-0.2, 0) is 0 Å². The van der Waals surface area contributed by atoms with E-state index >= 15 is 0 Å². The van der Waals surface area contributed by atoms with Gasteiger partial charge in [-0.1, -0.05) is 74.5 Å². The van der Waals surface area contributed by atoms with E-state index in [0.29, 0.717) is 6.42 Å². The maximum absolute atomic E-state index is 12.0. The fraction of sp³-hybridized carbons (Fsp3) is 1.00. The summed E-state index contributed by atoms with van der Waals surface area (Å²) in [6, 6.07) is 0. The van der Waals surface area contributed by atoms with Crippen LogP contribution in [0, 0.1) is 0 Å². The lowest BCUT2D eigenvalue weighted by atomic mass is 10.1. The predicted octanol–water partition coefficient (Wildman–Crippen LogP) is 5.88. The van der Waals surface area contributed by atoms with Gasteiger partial charge in [-0.05, 0) is 6.42 Å². The smallest absolute Gasteiger partial charge is 0.171 e. The minimum absolute atomic E-state index is 0.242. The van der Waals surface area contributed by atoms with Crippen LogP contribution in [0.4, 0.5) is 13.2 Å². The summed E-state index contributed by atoms with van der Waals surface area (Å²) in [7, 11) is 0. The Morgan fingerprint density at radius 2 is 1.44 bits per heavy atom. The second-order valence-corrected chi connectivity index (χ2v) is 6.09. The summed E-state index contributed by atoms with van der Waals surface area (Å²) in [6.45, 7) is 2.18. The van der Waals surface area contributed by atoms with Crippen molar-refractivity contribution in [1.82, 2.24) is 0 Å². The molecule has 0 heterocycles. The van der Waals surface area contributed by atoms with Gasteiger partial charge in [0, 0.05) is 3.92 Å². The first-order valence-electron chi connectivity index (χ1n) is 6.16. The molecule has 0 radical (unpaired) electrons. The monoisotopic (exact) mass is 350 g/mol. The average molecular weight is 350 g/mol. The fourth-order valence-corrected chi connectivity index (χ4v) is 2.62. The van der Waals surface area contributed by atoms with Gasteiger partial charge in [-0.15, -0.1) is 0 Å². The molecule has 0 saturated heterocycles. The summed E-state index contributed by atoms with van der Waals surface area (Å²) < 4.78 is 35.8. The Balaban J connectivity index is 3.25. The van der Waals surface area contributed by atoms with Crippen molar-refractivity contribution >= 4 is 22.6 Å².